The second kappa shape index (κ2) is 7.36. The standard InChI is InChI=1S/C18H24N2O5S/c1-12-5-8-14(26(24,25)20-9-3-2-4-10-20)11-15(12)17(21)19-16(18(22)23)13-6-7-13/h5,8,11,13,16H,2-4,6-7,9-10H2,1H3,(H,19,21)(H,22,23). The van der Waals surface area contributed by atoms with Gasteiger partial charge in [0, 0.05) is 18.7 Å². The van der Waals surface area contributed by atoms with Crippen molar-refractivity contribution in [3.8, 4) is 0 Å². The highest BCUT2D eigenvalue weighted by molar-refractivity contribution is 7.89. The SMILES string of the molecule is Cc1ccc(S(=O)(=O)N2CCCCC2)cc1C(=O)NC(C(=O)O)C1CC1. The molecule has 7 nitrogen and oxygen atoms in total. The van der Waals surface area contributed by atoms with Gasteiger partial charge in [0.25, 0.3) is 5.91 Å². The lowest BCUT2D eigenvalue weighted by Crippen LogP contribution is -2.42. The van der Waals surface area contributed by atoms with Gasteiger partial charge in [-0.05, 0) is 56.2 Å². The van der Waals surface area contributed by atoms with Crippen molar-refractivity contribution in [3.05, 3.63) is 29.3 Å². The fourth-order valence-corrected chi connectivity index (χ4v) is 4.83. The number of sulfonamides is 1. The fourth-order valence-electron chi connectivity index (χ4n) is 3.29. The number of carboxylic acids is 1. The lowest BCUT2D eigenvalue weighted by atomic mass is 10.1. The molecule has 142 valence electrons. The van der Waals surface area contributed by atoms with Gasteiger partial charge in [-0.2, -0.15) is 4.31 Å². The highest BCUT2D eigenvalue weighted by atomic mass is 32.2. The molecule has 2 fully saturated rings. The predicted octanol–water partition coefficient (Wildman–Crippen LogP) is 1.76. The van der Waals surface area contributed by atoms with E-state index in [1.54, 1.807) is 13.0 Å². The minimum Gasteiger partial charge on any atom is -0.480 e. The highest BCUT2D eigenvalue weighted by Gasteiger charge is 2.37. The van der Waals surface area contributed by atoms with Gasteiger partial charge < -0.3 is 10.4 Å². The Kier molecular flexibility index (Phi) is 5.34. The Morgan fingerprint density at radius 1 is 1.19 bits per heavy atom. The average Bonchev–Trinajstić information content (AvgIpc) is 3.45. The van der Waals surface area contributed by atoms with Crippen molar-refractivity contribution in [2.24, 2.45) is 5.92 Å². The summed E-state index contributed by atoms with van der Waals surface area (Å²) in [5, 5.41) is 11.8. The number of nitrogens with zero attached hydrogens (tertiary/aromatic N) is 1. The van der Waals surface area contributed by atoms with E-state index in [0.717, 1.165) is 32.1 Å². The van der Waals surface area contributed by atoms with E-state index in [4.69, 9.17) is 0 Å². The maximum absolute atomic E-state index is 12.8. The Morgan fingerprint density at radius 3 is 2.42 bits per heavy atom. The van der Waals surface area contributed by atoms with Crippen LogP contribution in [-0.2, 0) is 14.8 Å². The van der Waals surface area contributed by atoms with Crippen molar-refractivity contribution in [2.75, 3.05) is 13.1 Å². The summed E-state index contributed by atoms with van der Waals surface area (Å²) in [6.07, 6.45) is 4.24. The molecule has 2 N–H and O–H groups in total. The molecule has 1 unspecified atom stereocenters. The number of carbonyl (C=O) groups excluding carboxylic acids is 1. The zero-order valence-electron chi connectivity index (χ0n) is 14.8. The summed E-state index contributed by atoms with van der Waals surface area (Å²) >= 11 is 0. The smallest absolute Gasteiger partial charge is 0.326 e. The Bertz CT molecular complexity index is 811. The number of piperidine rings is 1. The van der Waals surface area contributed by atoms with E-state index in [-0.39, 0.29) is 16.4 Å². The molecule has 0 bridgehead atoms. The Labute approximate surface area is 153 Å². The van der Waals surface area contributed by atoms with Crippen molar-refractivity contribution in [3.63, 3.8) is 0 Å². The first kappa shape index (κ1) is 18.8. The normalized spacial score (nSPS) is 19.7. The van der Waals surface area contributed by atoms with Gasteiger partial charge >= 0.3 is 5.97 Å². The third-order valence-electron chi connectivity index (χ3n) is 5.05. The van der Waals surface area contributed by atoms with Crippen molar-refractivity contribution >= 4 is 21.9 Å². The maximum atomic E-state index is 12.8. The molecule has 0 aromatic heterocycles. The molecular formula is C18H24N2O5S. The predicted molar refractivity (Wildman–Crippen MR) is 95.4 cm³/mol. The maximum Gasteiger partial charge on any atom is 0.326 e. The van der Waals surface area contributed by atoms with Crippen molar-refractivity contribution in [1.82, 2.24) is 9.62 Å². The first-order chi connectivity index (χ1) is 12.3. The zero-order valence-corrected chi connectivity index (χ0v) is 15.6. The van der Waals surface area contributed by atoms with Crippen LogP contribution in [0, 0.1) is 12.8 Å². The number of benzene rings is 1. The first-order valence-electron chi connectivity index (χ1n) is 8.95. The van der Waals surface area contributed by atoms with Gasteiger partial charge in [-0.25, -0.2) is 13.2 Å². The minimum absolute atomic E-state index is 0.0444. The number of amides is 1. The van der Waals surface area contributed by atoms with E-state index in [9.17, 15) is 23.1 Å². The second-order valence-corrected chi connectivity index (χ2v) is 9.01. The Morgan fingerprint density at radius 2 is 1.85 bits per heavy atom. The van der Waals surface area contributed by atoms with E-state index < -0.39 is 27.9 Å². The van der Waals surface area contributed by atoms with Crippen LogP contribution in [0.2, 0.25) is 0 Å². The highest BCUT2D eigenvalue weighted by Crippen LogP contribution is 2.33. The number of hydrogen-bond acceptors (Lipinski definition) is 4. The zero-order chi connectivity index (χ0) is 18.9. The number of aryl methyl sites for hydroxylation is 1. The average molecular weight is 380 g/mol. The molecule has 1 aliphatic carbocycles. The molecule has 1 aromatic rings. The first-order valence-corrected chi connectivity index (χ1v) is 10.4. The van der Waals surface area contributed by atoms with Crippen molar-refractivity contribution in [1.29, 1.82) is 0 Å². The van der Waals surface area contributed by atoms with E-state index in [0.29, 0.717) is 18.7 Å². The van der Waals surface area contributed by atoms with E-state index >= 15 is 0 Å². The number of carboxylic acid groups (broad SMARTS) is 1. The largest absolute Gasteiger partial charge is 0.480 e. The fraction of sp³-hybridized carbons (Fsp3) is 0.556. The number of hydrogen-bond donors (Lipinski definition) is 2. The molecule has 26 heavy (non-hydrogen) atoms. The lowest BCUT2D eigenvalue weighted by Gasteiger charge is -2.26. The number of rotatable bonds is 6. The van der Waals surface area contributed by atoms with Crippen LogP contribution in [0.4, 0.5) is 0 Å². The van der Waals surface area contributed by atoms with Gasteiger partial charge in [0.15, 0.2) is 0 Å². The van der Waals surface area contributed by atoms with Gasteiger partial charge in [-0.15, -0.1) is 0 Å². The van der Waals surface area contributed by atoms with Crippen LogP contribution >= 0.6 is 0 Å². The van der Waals surface area contributed by atoms with E-state index in [1.807, 2.05) is 0 Å². The minimum atomic E-state index is -3.65. The van der Waals surface area contributed by atoms with Gasteiger partial charge in [0.05, 0.1) is 4.90 Å². The Hall–Kier alpha value is -1.93. The third kappa shape index (κ3) is 3.91. The molecule has 1 heterocycles. The Balaban J connectivity index is 1.85. The van der Waals surface area contributed by atoms with Crippen molar-refractivity contribution < 1.29 is 23.1 Å². The number of aliphatic carboxylic acids is 1. The molecule has 1 aliphatic heterocycles. The van der Waals surface area contributed by atoms with E-state index in [1.165, 1.54) is 16.4 Å². The molecule has 1 aromatic carbocycles. The molecule has 0 radical (unpaired) electrons. The summed E-state index contributed by atoms with van der Waals surface area (Å²) in [6.45, 7) is 2.68. The van der Waals surface area contributed by atoms with Gasteiger partial charge in [-0.3, -0.25) is 4.79 Å². The van der Waals surface area contributed by atoms with Crippen molar-refractivity contribution in [2.45, 2.75) is 50.0 Å². The number of nitrogens with one attached hydrogen (secondary N) is 1. The van der Waals surface area contributed by atoms with Gasteiger partial charge in [-0.1, -0.05) is 12.5 Å². The van der Waals surface area contributed by atoms with Crippen LogP contribution in [0.5, 0.6) is 0 Å². The molecule has 1 saturated carbocycles. The molecule has 0 spiro atoms. The second-order valence-electron chi connectivity index (χ2n) is 7.07. The monoisotopic (exact) mass is 380 g/mol. The van der Waals surface area contributed by atoms with Crippen LogP contribution in [-0.4, -0.2) is 48.8 Å². The molecule has 1 saturated heterocycles. The van der Waals surface area contributed by atoms with E-state index in [2.05, 4.69) is 5.32 Å². The van der Waals surface area contributed by atoms with Crippen LogP contribution in [0.3, 0.4) is 0 Å². The molecule has 3 rings (SSSR count). The third-order valence-corrected chi connectivity index (χ3v) is 6.95. The topological polar surface area (TPSA) is 104 Å². The van der Waals surface area contributed by atoms with Crippen LogP contribution < -0.4 is 5.32 Å². The van der Waals surface area contributed by atoms with Crippen LogP contribution in [0.15, 0.2) is 23.1 Å². The number of carbonyl (C=O) groups is 2. The summed E-state index contributed by atoms with van der Waals surface area (Å²) in [5.74, 6) is -1.65. The summed E-state index contributed by atoms with van der Waals surface area (Å²) in [6, 6.07) is 3.54. The van der Waals surface area contributed by atoms with Crippen LogP contribution in [0.25, 0.3) is 0 Å². The summed E-state index contributed by atoms with van der Waals surface area (Å²) in [5.41, 5.74) is 0.815. The van der Waals surface area contributed by atoms with Gasteiger partial charge in [0.1, 0.15) is 6.04 Å². The summed E-state index contributed by atoms with van der Waals surface area (Å²) in [4.78, 5) is 24.0. The molecular weight excluding hydrogens is 356 g/mol. The lowest BCUT2D eigenvalue weighted by molar-refractivity contribution is -0.139. The molecule has 2 aliphatic rings. The van der Waals surface area contributed by atoms with Crippen LogP contribution in [0.1, 0.15) is 48.0 Å². The summed E-state index contributed by atoms with van der Waals surface area (Å²) < 4.78 is 27.1. The molecule has 1 amide bonds. The molecule has 8 heteroatoms. The molecule has 1 atom stereocenters. The van der Waals surface area contributed by atoms with Gasteiger partial charge in [0.2, 0.25) is 10.0 Å². The quantitative estimate of drug-likeness (QED) is 0.783. The summed E-state index contributed by atoms with van der Waals surface area (Å²) in [7, 11) is -3.65.